The molecular formula is C28H32N4O3. The summed E-state index contributed by atoms with van der Waals surface area (Å²) in [7, 11) is 1.63. The molecule has 1 spiro atoms. The molecule has 0 radical (unpaired) electrons. The fourth-order valence-electron chi connectivity index (χ4n) is 6.03. The fourth-order valence-corrected chi connectivity index (χ4v) is 6.03. The molecule has 1 aromatic heterocycles. The number of hydrogen-bond donors (Lipinski definition) is 1. The van der Waals surface area contributed by atoms with Gasteiger partial charge in [-0.3, -0.25) is 9.59 Å². The second kappa shape index (κ2) is 8.72. The highest BCUT2D eigenvalue weighted by atomic mass is 16.5. The summed E-state index contributed by atoms with van der Waals surface area (Å²) in [6, 6.07) is 17.7. The fraction of sp³-hybridized carbons (Fsp3) is 0.429. The van der Waals surface area contributed by atoms with E-state index in [-0.39, 0.29) is 24.4 Å². The number of ether oxygens (including phenoxy) is 1. The van der Waals surface area contributed by atoms with Crippen molar-refractivity contribution in [2.24, 2.45) is 5.41 Å². The number of aromatic nitrogens is 1. The number of rotatable bonds is 6. The highest BCUT2D eigenvalue weighted by Crippen LogP contribution is 2.48. The van der Waals surface area contributed by atoms with Crippen LogP contribution in [0.4, 0.5) is 0 Å². The van der Waals surface area contributed by atoms with E-state index >= 15 is 0 Å². The minimum absolute atomic E-state index is 0.00937. The number of H-pyrrole nitrogens is 1. The topological polar surface area (TPSA) is 68.9 Å². The molecule has 0 unspecified atom stereocenters. The van der Waals surface area contributed by atoms with Gasteiger partial charge in [0.05, 0.1) is 13.2 Å². The zero-order chi connectivity index (χ0) is 24.0. The van der Waals surface area contributed by atoms with Gasteiger partial charge in [-0.15, -0.1) is 0 Å². The molecule has 7 heteroatoms. The maximum atomic E-state index is 13.5. The van der Waals surface area contributed by atoms with Crippen molar-refractivity contribution in [1.82, 2.24) is 19.7 Å². The molecule has 3 aliphatic rings. The van der Waals surface area contributed by atoms with Crippen molar-refractivity contribution in [2.75, 3.05) is 39.8 Å². The Bertz CT molecular complexity index is 1240. The summed E-state index contributed by atoms with van der Waals surface area (Å²) in [6.45, 7) is 4.28. The number of amides is 2. The van der Waals surface area contributed by atoms with Gasteiger partial charge in [0, 0.05) is 43.6 Å². The molecule has 2 saturated heterocycles. The third-order valence-electron chi connectivity index (χ3n) is 8.06. The zero-order valence-electron chi connectivity index (χ0n) is 20.2. The van der Waals surface area contributed by atoms with Crippen LogP contribution in [0.3, 0.4) is 0 Å². The zero-order valence-corrected chi connectivity index (χ0v) is 20.2. The number of benzene rings is 2. The summed E-state index contributed by atoms with van der Waals surface area (Å²) in [5.74, 6) is 0.631. The molecule has 2 aromatic carbocycles. The van der Waals surface area contributed by atoms with E-state index in [9.17, 15) is 9.59 Å². The maximum Gasteiger partial charge on any atom is 0.270 e. The smallest absolute Gasteiger partial charge is 0.270 e. The molecule has 7 nitrogen and oxygen atoms in total. The number of carbonyl (C=O) groups excluding carboxylic acids is 2. The van der Waals surface area contributed by atoms with E-state index < -0.39 is 0 Å². The summed E-state index contributed by atoms with van der Waals surface area (Å²) >= 11 is 0. The van der Waals surface area contributed by atoms with Crippen LogP contribution in [-0.4, -0.2) is 77.4 Å². The molecule has 0 bridgehead atoms. The van der Waals surface area contributed by atoms with Gasteiger partial charge >= 0.3 is 0 Å². The Morgan fingerprint density at radius 1 is 1.11 bits per heavy atom. The Labute approximate surface area is 205 Å². The summed E-state index contributed by atoms with van der Waals surface area (Å²) < 4.78 is 5.31. The van der Waals surface area contributed by atoms with Crippen molar-refractivity contribution < 1.29 is 14.3 Å². The summed E-state index contributed by atoms with van der Waals surface area (Å²) in [4.78, 5) is 36.3. The largest absolute Gasteiger partial charge is 0.497 e. The van der Waals surface area contributed by atoms with E-state index in [0.29, 0.717) is 24.2 Å². The lowest BCUT2D eigenvalue weighted by Crippen LogP contribution is -2.66. The predicted molar refractivity (Wildman–Crippen MR) is 134 cm³/mol. The first kappa shape index (κ1) is 22.2. The van der Waals surface area contributed by atoms with Gasteiger partial charge < -0.3 is 24.4 Å². The molecule has 3 heterocycles. The molecule has 1 aliphatic carbocycles. The molecule has 35 heavy (non-hydrogen) atoms. The van der Waals surface area contributed by atoms with Gasteiger partial charge in [-0.25, -0.2) is 0 Å². The van der Waals surface area contributed by atoms with Crippen LogP contribution in [0.15, 0.2) is 54.6 Å². The van der Waals surface area contributed by atoms with Gasteiger partial charge in [-0.05, 0) is 48.1 Å². The normalized spacial score (nSPS) is 21.7. The van der Waals surface area contributed by atoms with Gasteiger partial charge in [0.15, 0.2) is 0 Å². The molecule has 2 aliphatic heterocycles. The number of hydrogen-bond acceptors (Lipinski definition) is 4. The predicted octanol–water partition coefficient (Wildman–Crippen LogP) is 3.52. The minimum Gasteiger partial charge on any atom is -0.497 e. The Hall–Kier alpha value is -3.32. The Morgan fingerprint density at radius 3 is 2.63 bits per heavy atom. The average Bonchev–Trinajstić information content (AvgIpc) is 3.25. The van der Waals surface area contributed by atoms with E-state index in [2.05, 4.69) is 22.0 Å². The molecule has 3 fully saturated rings. The standard InChI is InChI=1S/C28H32N4O3/c1-35-23-8-9-24-21(12-23)13-25(29-24)27(34)31-16-22(15-30-18-28(19-30)10-5-11-28)32(26(33)17-31)14-20-6-3-2-4-7-20/h2-4,6-9,12-13,22,29H,5,10-11,14-19H2,1H3/t22-/m0/s1. The summed E-state index contributed by atoms with van der Waals surface area (Å²) in [5, 5.41) is 0.921. The molecule has 2 amide bonds. The Balaban J connectivity index is 1.21. The molecule has 3 aromatic rings. The number of fused-ring (bicyclic) bond motifs is 1. The number of likely N-dealkylation sites (tertiary alicyclic amines) is 1. The maximum absolute atomic E-state index is 13.5. The van der Waals surface area contributed by atoms with E-state index in [4.69, 9.17) is 4.74 Å². The van der Waals surface area contributed by atoms with Crippen LogP contribution < -0.4 is 4.74 Å². The van der Waals surface area contributed by atoms with Crippen molar-refractivity contribution in [3.8, 4) is 5.75 Å². The number of carbonyl (C=O) groups is 2. The van der Waals surface area contributed by atoms with Gasteiger partial charge in [-0.1, -0.05) is 36.8 Å². The first-order chi connectivity index (χ1) is 17.0. The van der Waals surface area contributed by atoms with Gasteiger partial charge in [0.2, 0.25) is 5.91 Å². The van der Waals surface area contributed by atoms with Crippen molar-refractivity contribution in [3.05, 3.63) is 65.9 Å². The molecule has 1 N–H and O–H groups in total. The van der Waals surface area contributed by atoms with Crippen LogP contribution >= 0.6 is 0 Å². The molecule has 6 rings (SSSR count). The first-order valence-electron chi connectivity index (χ1n) is 12.5. The number of piperazine rings is 1. The van der Waals surface area contributed by atoms with Crippen LogP contribution in [0.5, 0.6) is 5.75 Å². The lowest BCUT2D eigenvalue weighted by atomic mass is 9.63. The third-order valence-corrected chi connectivity index (χ3v) is 8.06. The molecule has 182 valence electrons. The number of aromatic amines is 1. The monoisotopic (exact) mass is 472 g/mol. The lowest BCUT2D eigenvalue weighted by molar-refractivity contribution is -0.142. The van der Waals surface area contributed by atoms with Crippen LogP contribution in [-0.2, 0) is 11.3 Å². The van der Waals surface area contributed by atoms with Crippen LogP contribution in [0.1, 0.15) is 35.3 Å². The Morgan fingerprint density at radius 2 is 1.91 bits per heavy atom. The van der Waals surface area contributed by atoms with E-state index in [1.54, 1.807) is 12.0 Å². The van der Waals surface area contributed by atoms with Gasteiger partial charge in [0.25, 0.3) is 5.91 Å². The SMILES string of the molecule is COc1ccc2[nH]c(C(=O)N3CC(=O)N(Cc4ccccc4)[C@@H](CN4CC5(CCC5)C4)C3)cc2c1. The summed E-state index contributed by atoms with van der Waals surface area (Å²) in [5.41, 5.74) is 3.04. The number of nitrogens with zero attached hydrogens (tertiary/aromatic N) is 3. The first-order valence-corrected chi connectivity index (χ1v) is 12.5. The van der Waals surface area contributed by atoms with E-state index in [1.807, 2.05) is 47.4 Å². The second-order valence-corrected chi connectivity index (χ2v) is 10.5. The average molecular weight is 473 g/mol. The van der Waals surface area contributed by atoms with Crippen molar-refractivity contribution in [1.29, 1.82) is 0 Å². The highest BCUT2D eigenvalue weighted by Gasteiger charge is 2.48. The summed E-state index contributed by atoms with van der Waals surface area (Å²) in [6.07, 6.45) is 4.00. The second-order valence-electron chi connectivity index (χ2n) is 10.5. The van der Waals surface area contributed by atoms with E-state index in [1.165, 1.54) is 19.3 Å². The lowest BCUT2D eigenvalue weighted by Gasteiger charge is -2.57. The van der Waals surface area contributed by atoms with Crippen molar-refractivity contribution in [2.45, 2.75) is 31.8 Å². The van der Waals surface area contributed by atoms with Crippen LogP contribution in [0.25, 0.3) is 10.9 Å². The third kappa shape index (κ3) is 4.18. The van der Waals surface area contributed by atoms with Crippen LogP contribution in [0, 0.1) is 5.41 Å². The van der Waals surface area contributed by atoms with Gasteiger partial charge in [0.1, 0.15) is 18.0 Å². The van der Waals surface area contributed by atoms with Crippen molar-refractivity contribution in [3.63, 3.8) is 0 Å². The molecular weight excluding hydrogens is 440 g/mol. The molecule has 1 atom stereocenters. The Kier molecular flexibility index (Phi) is 5.52. The molecule has 1 saturated carbocycles. The minimum atomic E-state index is -0.128. The highest BCUT2D eigenvalue weighted by molar-refractivity contribution is 6.00. The number of nitrogens with one attached hydrogen (secondary N) is 1. The van der Waals surface area contributed by atoms with Crippen LogP contribution in [0.2, 0.25) is 0 Å². The van der Waals surface area contributed by atoms with Gasteiger partial charge in [-0.2, -0.15) is 0 Å². The van der Waals surface area contributed by atoms with E-state index in [0.717, 1.165) is 41.9 Å². The number of methoxy groups -OCH3 is 1. The quantitative estimate of drug-likeness (QED) is 0.596. The van der Waals surface area contributed by atoms with Crippen molar-refractivity contribution >= 4 is 22.7 Å².